The summed E-state index contributed by atoms with van der Waals surface area (Å²) < 4.78 is 4.96. The third kappa shape index (κ3) is 4.91. The lowest BCUT2D eigenvalue weighted by Gasteiger charge is -2.10. The summed E-state index contributed by atoms with van der Waals surface area (Å²) in [4.78, 5) is 35.1. The molecule has 0 aliphatic rings. The Labute approximate surface area is 155 Å². The van der Waals surface area contributed by atoms with Crippen molar-refractivity contribution in [2.24, 2.45) is 5.10 Å². The number of methoxy groups -OCH3 is 1. The number of para-hydroxylation sites is 1. The fourth-order valence-corrected chi connectivity index (χ4v) is 2.37. The first-order chi connectivity index (χ1) is 12.8. The highest BCUT2D eigenvalue weighted by Crippen LogP contribution is 2.20. The van der Waals surface area contributed by atoms with Crippen LogP contribution in [0.4, 0.5) is 5.69 Å². The van der Waals surface area contributed by atoms with Gasteiger partial charge in [-0.1, -0.05) is 18.2 Å². The molecule has 3 N–H and O–H groups in total. The Balaban J connectivity index is 2.03. The quantitative estimate of drug-likeness (QED) is 0.424. The maximum absolute atomic E-state index is 12.0. The van der Waals surface area contributed by atoms with E-state index in [1.807, 2.05) is 32.0 Å². The molecule has 2 aromatic rings. The molecule has 0 saturated heterocycles. The largest absolute Gasteiger partial charge is 0.496 e. The van der Waals surface area contributed by atoms with Crippen LogP contribution in [-0.4, -0.2) is 36.2 Å². The first-order valence-electron chi connectivity index (χ1n) is 7.95. The second kappa shape index (κ2) is 8.61. The molecule has 0 aliphatic heterocycles. The molecule has 0 radical (unpaired) electrons. The van der Waals surface area contributed by atoms with Gasteiger partial charge in [-0.05, 0) is 48.7 Å². The Morgan fingerprint density at radius 1 is 1.07 bits per heavy atom. The van der Waals surface area contributed by atoms with Crippen molar-refractivity contribution in [1.82, 2.24) is 5.43 Å². The molecule has 2 amide bonds. The van der Waals surface area contributed by atoms with Gasteiger partial charge in [-0.3, -0.25) is 9.59 Å². The normalized spacial score (nSPS) is 10.5. The summed E-state index contributed by atoms with van der Waals surface area (Å²) in [7, 11) is 1.37. The second-order valence-corrected chi connectivity index (χ2v) is 5.68. The van der Waals surface area contributed by atoms with Crippen LogP contribution < -0.4 is 15.5 Å². The monoisotopic (exact) mass is 369 g/mol. The fourth-order valence-electron chi connectivity index (χ4n) is 2.37. The van der Waals surface area contributed by atoms with Gasteiger partial charge in [0, 0.05) is 5.69 Å². The summed E-state index contributed by atoms with van der Waals surface area (Å²) in [5.74, 6) is -2.75. The zero-order valence-corrected chi connectivity index (χ0v) is 15.1. The Hall–Kier alpha value is -3.68. The molecule has 27 heavy (non-hydrogen) atoms. The predicted molar refractivity (Wildman–Crippen MR) is 100 cm³/mol. The number of aromatic carboxylic acids is 1. The molecule has 8 nitrogen and oxygen atoms in total. The minimum Gasteiger partial charge on any atom is -0.496 e. The van der Waals surface area contributed by atoms with Crippen molar-refractivity contribution >= 4 is 29.7 Å². The van der Waals surface area contributed by atoms with Crippen molar-refractivity contribution < 1.29 is 24.2 Å². The van der Waals surface area contributed by atoms with Gasteiger partial charge in [0.05, 0.1) is 13.3 Å². The molecule has 0 bridgehead atoms. The van der Waals surface area contributed by atoms with Crippen molar-refractivity contribution in [3.05, 3.63) is 58.7 Å². The Morgan fingerprint density at radius 2 is 1.74 bits per heavy atom. The standard InChI is InChI=1S/C19H19N3O5/c1-11-5-4-6-12(2)16(11)21-17(23)18(24)22-20-10-13-7-8-15(27-3)14(9-13)19(25)26/h4-10H,1-3H3,(H,21,23)(H,22,24)(H,25,26)/b20-10-. The first-order valence-corrected chi connectivity index (χ1v) is 7.95. The van der Waals surface area contributed by atoms with Crippen molar-refractivity contribution in [3.8, 4) is 5.75 Å². The Bertz CT molecular complexity index is 901. The molecular weight excluding hydrogens is 350 g/mol. The fraction of sp³-hybridized carbons (Fsp3) is 0.158. The number of carbonyl (C=O) groups is 3. The number of hydrazone groups is 1. The molecule has 8 heteroatoms. The molecule has 0 unspecified atom stereocenters. The van der Waals surface area contributed by atoms with Gasteiger partial charge in [0.15, 0.2) is 0 Å². The first kappa shape index (κ1) is 19.6. The number of carboxylic acid groups (broad SMARTS) is 1. The van der Waals surface area contributed by atoms with Gasteiger partial charge in [0.2, 0.25) is 0 Å². The zero-order chi connectivity index (χ0) is 20.0. The number of rotatable bonds is 5. The van der Waals surface area contributed by atoms with Crippen LogP contribution >= 0.6 is 0 Å². The van der Waals surface area contributed by atoms with Crippen LogP contribution in [0.15, 0.2) is 41.5 Å². The minimum absolute atomic E-state index is 0.0412. The number of nitrogens with zero attached hydrogens (tertiary/aromatic N) is 1. The van der Waals surface area contributed by atoms with Gasteiger partial charge < -0.3 is 15.2 Å². The summed E-state index contributed by atoms with van der Waals surface area (Å²) in [6, 6.07) is 9.88. The summed E-state index contributed by atoms with van der Waals surface area (Å²) >= 11 is 0. The number of carbonyl (C=O) groups excluding carboxylic acids is 2. The summed E-state index contributed by atoms with van der Waals surface area (Å²) in [6.45, 7) is 3.64. The Kier molecular flexibility index (Phi) is 6.27. The molecule has 2 aromatic carbocycles. The van der Waals surface area contributed by atoms with Gasteiger partial charge in [0.1, 0.15) is 11.3 Å². The lowest BCUT2D eigenvalue weighted by atomic mass is 10.1. The molecule has 0 heterocycles. The predicted octanol–water partition coefficient (Wildman–Crippen LogP) is 2.10. The summed E-state index contributed by atoms with van der Waals surface area (Å²) in [6.07, 6.45) is 1.23. The van der Waals surface area contributed by atoms with Crippen LogP contribution in [0.5, 0.6) is 5.75 Å². The second-order valence-electron chi connectivity index (χ2n) is 5.68. The zero-order valence-electron chi connectivity index (χ0n) is 15.1. The van der Waals surface area contributed by atoms with Gasteiger partial charge in [-0.15, -0.1) is 0 Å². The van der Waals surface area contributed by atoms with E-state index in [0.717, 1.165) is 11.1 Å². The number of ether oxygens (including phenoxy) is 1. The number of hydrogen-bond donors (Lipinski definition) is 3. The average Bonchev–Trinajstić information content (AvgIpc) is 2.64. The Morgan fingerprint density at radius 3 is 2.33 bits per heavy atom. The van der Waals surface area contributed by atoms with Crippen LogP contribution in [0.1, 0.15) is 27.0 Å². The number of nitrogens with one attached hydrogen (secondary N) is 2. The highest BCUT2D eigenvalue weighted by atomic mass is 16.5. The minimum atomic E-state index is -1.15. The van der Waals surface area contributed by atoms with E-state index in [1.54, 1.807) is 6.07 Å². The SMILES string of the molecule is COc1ccc(/C=N\NC(=O)C(=O)Nc2c(C)cccc2C)cc1C(=O)O. The van der Waals surface area contributed by atoms with E-state index in [9.17, 15) is 14.4 Å². The molecule has 2 rings (SSSR count). The van der Waals surface area contributed by atoms with Crippen LogP contribution in [0.2, 0.25) is 0 Å². The highest BCUT2D eigenvalue weighted by molar-refractivity contribution is 6.39. The number of benzene rings is 2. The van der Waals surface area contributed by atoms with E-state index >= 15 is 0 Å². The van der Waals surface area contributed by atoms with E-state index in [4.69, 9.17) is 9.84 Å². The molecule has 140 valence electrons. The van der Waals surface area contributed by atoms with Crippen LogP contribution in [0.25, 0.3) is 0 Å². The molecular formula is C19H19N3O5. The number of anilines is 1. The third-order valence-corrected chi connectivity index (χ3v) is 3.76. The van der Waals surface area contributed by atoms with Crippen molar-refractivity contribution in [2.45, 2.75) is 13.8 Å². The summed E-state index contributed by atoms with van der Waals surface area (Å²) in [5, 5.41) is 15.4. The number of hydrogen-bond acceptors (Lipinski definition) is 5. The molecule has 0 spiro atoms. The highest BCUT2D eigenvalue weighted by Gasteiger charge is 2.15. The smallest absolute Gasteiger partial charge is 0.339 e. The van der Waals surface area contributed by atoms with Crippen LogP contribution in [0.3, 0.4) is 0 Å². The maximum Gasteiger partial charge on any atom is 0.339 e. The third-order valence-electron chi connectivity index (χ3n) is 3.76. The summed E-state index contributed by atoms with van der Waals surface area (Å²) in [5.41, 5.74) is 4.72. The van der Waals surface area contributed by atoms with Gasteiger partial charge >= 0.3 is 17.8 Å². The lowest BCUT2D eigenvalue weighted by Crippen LogP contribution is -2.32. The molecule has 0 fully saturated rings. The molecule has 0 aliphatic carbocycles. The van der Waals surface area contributed by atoms with Crippen molar-refractivity contribution in [1.29, 1.82) is 0 Å². The van der Waals surface area contributed by atoms with Gasteiger partial charge in [-0.25, -0.2) is 10.2 Å². The number of amides is 2. The van der Waals surface area contributed by atoms with E-state index < -0.39 is 17.8 Å². The van der Waals surface area contributed by atoms with Crippen LogP contribution in [0, 0.1) is 13.8 Å². The van der Waals surface area contributed by atoms with Gasteiger partial charge in [-0.2, -0.15) is 5.10 Å². The maximum atomic E-state index is 12.0. The average molecular weight is 369 g/mol. The number of carboxylic acids is 1. The van der Waals surface area contributed by atoms with E-state index in [0.29, 0.717) is 11.3 Å². The van der Waals surface area contributed by atoms with E-state index in [1.165, 1.54) is 25.5 Å². The molecule has 0 saturated carbocycles. The lowest BCUT2D eigenvalue weighted by molar-refractivity contribution is -0.136. The molecule has 0 aromatic heterocycles. The van der Waals surface area contributed by atoms with E-state index in [-0.39, 0.29) is 11.3 Å². The van der Waals surface area contributed by atoms with E-state index in [2.05, 4.69) is 15.8 Å². The van der Waals surface area contributed by atoms with Crippen LogP contribution in [-0.2, 0) is 9.59 Å². The van der Waals surface area contributed by atoms with Gasteiger partial charge in [0.25, 0.3) is 0 Å². The van der Waals surface area contributed by atoms with Crippen molar-refractivity contribution in [3.63, 3.8) is 0 Å². The molecule has 0 atom stereocenters. The number of aryl methyl sites for hydroxylation is 2. The topological polar surface area (TPSA) is 117 Å². The van der Waals surface area contributed by atoms with Crippen molar-refractivity contribution in [2.75, 3.05) is 12.4 Å².